The van der Waals surface area contributed by atoms with Gasteiger partial charge < -0.3 is 0 Å². The number of Topliss-reactive ketones (excluding diaryl/α,β-unsaturated/α-hetero) is 1. The summed E-state index contributed by atoms with van der Waals surface area (Å²) in [5.41, 5.74) is 6.22. The van der Waals surface area contributed by atoms with Crippen LogP contribution in [0.15, 0.2) is 54.6 Å². The molecule has 0 saturated carbocycles. The molecular weight excluding hydrogens is 276 g/mol. The van der Waals surface area contributed by atoms with Crippen molar-refractivity contribution in [3.63, 3.8) is 0 Å². The Hall–Kier alpha value is -2.17. The van der Waals surface area contributed by atoms with Gasteiger partial charge in [-0.05, 0) is 29.7 Å². The van der Waals surface area contributed by atoms with Gasteiger partial charge in [0, 0.05) is 25.9 Å². The molecule has 0 atom stereocenters. The van der Waals surface area contributed by atoms with E-state index in [0.717, 1.165) is 18.7 Å². The number of nitrogens with zero attached hydrogens (tertiary/aromatic N) is 1. The molecule has 4 heteroatoms. The second-order valence-corrected chi connectivity index (χ2v) is 5.46. The molecule has 1 N–H and O–H groups in total. The van der Waals surface area contributed by atoms with Gasteiger partial charge in [0.05, 0.1) is 5.69 Å². The third kappa shape index (κ3) is 3.93. The van der Waals surface area contributed by atoms with Crippen LogP contribution in [-0.2, 0) is 9.73 Å². The Bertz CT molecular complexity index is 611. The zero-order valence-corrected chi connectivity index (χ0v) is 12.5. The minimum atomic E-state index is 0.318. The van der Waals surface area contributed by atoms with Crippen LogP contribution in [0.1, 0.15) is 19.3 Å². The molecule has 1 aliphatic rings. The lowest BCUT2D eigenvalue weighted by molar-refractivity contribution is -0.133. The minimum Gasteiger partial charge on any atom is -0.300 e. The smallest absolute Gasteiger partial charge is 0.134 e. The van der Waals surface area contributed by atoms with Crippen LogP contribution < -0.4 is 5.48 Å². The molecule has 0 amide bonds. The molecule has 0 aromatic heterocycles. The first-order chi connectivity index (χ1) is 10.8. The number of carbonyl (C=O) groups is 1. The molecule has 114 valence electrons. The maximum absolute atomic E-state index is 11.4. The standard InChI is InChI=1S/C18H20N2O2/c21-18-7-4-13-20(14-12-18)22-19-17-10-8-16(9-11-17)15-5-2-1-3-6-15/h1-3,5-6,8-11,19H,4,7,12-14H2. The molecule has 0 aliphatic carbocycles. The van der Waals surface area contributed by atoms with Crippen LogP contribution in [0.4, 0.5) is 5.69 Å². The first-order valence-electron chi connectivity index (χ1n) is 7.66. The summed E-state index contributed by atoms with van der Waals surface area (Å²) in [6.07, 6.45) is 2.08. The molecule has 0 spiro atoms. The lowest BCUT2D eigenvalue weighted by atomic mass is 10.1. The van der Waals surface area contributed by atoms with Crippen molar-refractivity contribution >= 4 is 11.5 Å². The highest BCUT2D eigenvalue weighted by Gasteiger charge is 2.14. The normalized spacial score (nSPS) is 16.3. The highest BCUT2D eigenvalue weighted by molar-refractivity contribution is 5.78. The number of hydroxylamine groups is 2. The SMILES string of the molecule is O=C1CCCN(ONc2ccc(-c3ccccc3)cc2)CC1. The van der Waals surface area contributed by atoms with E-state index in [1.54, 1.807) is 0 Å². The van der Waals surface area contributed by atoms with Crippen molar-refractivity contribution in [2.24, 2.45) is 0 Å². The number of anilines is 1. The number of hydrogen-bond acceptors (Lipinski definition) is 4. The predicted octanol–water partition coefficient (Wildman–Crippen LogP) is 3.67. The lowest BCUT2D eigenvalue weighted by Crippen LogP contribution is -2.28. The molecule has 3 rings (SSSR count). The van der Waals surface area contributed by atoms with Crippen molar-refractivity contribution in [1.29, 1.82) is 0 Å². The van der Waals surface area contributed by atoms with Crippen molar-refractivity contribution in [2.45, 2.75) is 19.3 Å². The third-order valence-electron chi connectivity index (χ3n) is 3.79. The number of hydrogen-bond donors (Lipinski definition) is 1. The van der Waals surface area contributed by atoms with Crippen molar-refractivity contribution in [3.8, 4) is 11.1 Å². The summed E-state index contributed by atoms with van der Waals surface area (Å²) in [5.74, 6) is 0.318. The Labute approximate surface area is 130 Å². The highest BCUT2D eigenvalue weighted by atomic mass is 16.8. The van der Waals surface area contributed by atoms with E-state index in [2.05, 4.69) is 29.7 Å². The van der Waals surface area contributed by atoms with Crippen LogP contribution in [0.2, 0.25) is 0 Å². The van der Waals surface area contributed by atoms with Gasteiger partial charge in [-0.25, -0.2) is 5.48 Å². The fourth-order valence-electron chi connectivity index (χ4n) is 2.51. The van der Waals surface area contributed by atoms with E-state index in [1.165, 1.54) is 11.1 Å². The molecule has 0 radical (unpaired) electrons. The van der Waals surface area contributed by atoms with Crippen molar-refractivity contribution in [2.75, 3.05) is 18.6 Å². The first kappa shape index (κ1) is 14.8. The molecule has 2 aromatic carbocycles. The monoisotopic (exact) mass is 296 g/mol. The van der Waals surface area contributed by atoms with Crippen molar-refractivity contribution in [3.05, 3.63) is 54.6 Å². The van der Waals surface area contributed by atoms with E-state index in [4.69, 9.17) is 4.94 Å². The van der Waals surface area contributed by atoms with Crippen molar-refractivity contribution < 1.29 is 9.73 Å². The lowest BCUT2D eigenvalue weighted by Gasteiger charge is -2.19. The van der Waals surface area contributed by atoms with Crippen LogP contribution in [0.25, 0.3) is 11.1 Å². The predicted molar refractivity (Wildman–Crippen MR) is 87.0 cm³/mol. The topological polar surface area (TPSA) is 41.6 Å². The zero-order chi connectivity index (χ0) is 15.2. The summed E-state index contributed by atoms with van der Waals surface area (Å²) in [5, 5.41) is 1.82. The van der Waals surface area contributed by atoms with Gasteiger partial charge in [-0.15, -0.1) is 0 Å². The third-order valence-corrected chi connectivity index (χ3v) is 3.79. The summed E-state index contributed by atoms with van der Waals surface area (Å²) in [4.78, 5) is 16.9. The van der Waals surface area contributed by atoms with Gasteiger partial charge in [0.25, 0.3) is 0 Å². The Balaban J connectivity index is 1.56. The van der Waals surface area contributed by atoms with E-state index in [1.807, 2.05) is 35.4 Å². The summed E-state index contributed by atoms with van der Waals surface area (Å²) in [6, 6.07) is 18.4. The largest absolute Gasteiger partial charge is 0.300 e. The Morgan fingerprint density at radius 2 is 1.59 bits per heavy atom. The average molecular weight is 296 g/mol. The van der Waals surface area contributed by atoms with Gasteiger partial charge in [0.15, 0.2) is 0 Å². The fraction of sp³-hybridized carbons (Fsp3) is 0.278. The Kier molecular flexibility index (Phi) is 4.83. The van der Waals surface area contributed by atoms with E-state index in [9.17, 15) is 4.79 Å². The van der Waals surface area contributed by atoms with Crippen LogP contribution in [0.3, 0.4) is 0 Å². The van der Waals surface area contributed by atoms with Gasteiger partial charge in [0.1, 0.15) is 5.78 Å². The van der Waals surface area contributed by atoms with Gasteiger partial charge >= 0.3 is 0 Å². The van der Waals surface area contributed by atoms with Crippen LogP contribution in [-0.4, -0.2) is 23.9 Å². The van der Waals surface area contributed by atoms with E-state index in [0.29, 0.717) is 25.2 Å². The molecule has 0 unspecified atom stereocenters. The van der Waals surface area contributed by atoms with E-state index < -0.39 is 0 Å². The molecule has 1 heterocycles. The van der Waals surface area contributed by atoms with Gasteiger partial charge in [-0.2, -0.15) is 10.0 Å². The molecule has 22 heavy (non-hydrogen) atoms. The molecule has 2 aromatic rings. The number of ketones is 1. The molecule has 0 bridgehead atoms. The number of rotatable bonds is 4. The second-order valence-electron chi connectivity index (χ2n) is 5.46. The van der Waals surface area contributed by atoms with E-state index in [-0.39, 0.29) is 0 Å². The second kappa shape index (κ2) is 7.20. The van der Waals surface area contributed by atoms with Crippen LogP contribution >= 0.6 is 0 Å². The maximum atomic E-state index is 11.4. The highest BCUT2D eigenvalue weighted by Crippen LogP contribution is 2.21. The average Bonchev–Trinajstić information content (AvgIpc) is 2.79. The van der Waals surface area contributed by atoms with Gasteiger partial charge in [0.2, 0.25) is 0 Å². The van der Waals surface area contributed by atoms with Crippen molar-refractivity contribution in [1.82, 2.24) is 5.06 Å². The summed E-state index contributed by atoms with van der Waals surface area (Å²) >= 11 is 0. The molecule has 4 nitrogen and oxygen atoms in total. The molecule has 1 aliphatic heterocycles. The first-order valence-corrected chi connectivity index (χ1v) is 7.66. The minimum absolute atomic E-state index is 0.318. The molecule has 1 fully saturated rings. The van der Waals surface area contributed by atoms with Gasteiger partial charge in [-0.3, -0.25) is 4.79 Å². The fourth-order valence-corrected chi connectivity index (χ4v) is 2.51. The van der Waals surface area contributed by atoms with Crippen LogP contribution in [0, 0.1) is 0 Å². The number of benzene rings is 2. The van der Waals surface area contributed by atoms with Gasteiger partial charge in [-0.1, -0.05) is 42.5 Å². The summed E-state index contributed by atoms with van der Waals surface area (Å²) in [7, 11) is 0. The number of nitrogens with one attached hydrogen (secondary N) is 1. The Morgan fingerprint density at radius 3 is 2.36 bits per heavy atom. The summed E-state index contributed by atoms with van der Waals surface area (Å²) < 4.78 is 0. The van der Waals surface area contributed by atoms with Crippen LogP contribution in [0.5, 0.6) is 0 Å². The Morgan fingerprint density at radius 1 is 0.864 bits per heavy atom. The number of carbonyl (C=O) groups excluding carboxylic acids is 1. The molecular formula is C18H20N2O2. The summed E-state index contributed by atoms with van der Waals surface area (Å²) in [6.45, 7) is 1.43. The van der Waals surface area contributed by atoms with E-state index >= 15 is 0 Å². The zero-order valence-electron chi connectivity index (χ0n) is 12.5. The molecule has 1 saturated heterocycles. The quantitative estimate of drug-likeness (QED) is 0.874. The maximum Gasteiger partial charge on any atom is 0.134 e.